The molecule has 1 heterocycles. The maximum atomic E-state index is 6.89. The molecule has 2 nitrogen and oxygen atoms in total. The fourth-order valence-corrected chi connectivity index (χ4v) is 7.79. The Bertz CT molecular complexity index is 2770. The maximum Gasteiger partial charge on any atom is 0.135 e. The largest absolute Gasteiger partial charge is 0.456 e. The van der Waals surface area contributed by atoms with Gasteiger partial charge in [0, 0.05) is 28.1 Å². The summed E-state index contributed by atoms with van der Waals surface area (Å²) < 4.78 is 6.89. The Hall–Kier alpha value is -7.16. The van der Waals surface area contributed by atoms with Crippen molar-refractivity contribution < 1.29 is 4.74 Å². The smallest absolute Gasteiger partial charge is 0.135 e. The molecule has 0 amide bonds. The summed E-state index contributed by atoms with van der Waals surface area (Å²) in [5.41, 5.74) is 14.7. The van der Waals surface area contributed by atoms with Crippen LogP contribution >= 0.6 is 0 Å². The number of hydrogen-bond acceptors (Lipinski definition) is 2. The van der Waals surface area contributed by atoms with E-state index in [2.05, 4.69) is 217 Å². The van der Waals surface area contributed by atoms with Gasteiger partial charge in [-0.3, -0.25) is 0 Å². The van der Waals surface area contributed by atoms with Gasteiger partial charge < -0.3 is 9.64 Å². The number of rotatable bonds is 6. The number of para-hydroxylation sites is 1. The van der Waals surface area contributed by atoms with Crippen LogP contribution in [0.25, 0.3) is 66.4 Å². The van der Waals surface area contributed by atoms with Crippen LogP contribution in [0, 0.1) is 0 Å². The van der Waals surface area contributed by atoms with E-state index in [1.807, 2.05) is 0 Å². The standard InChI is InChI=1S/C52H35NO/c1-4-14-36(15-5-1)38-24-27-43(28-25-38)53(50-23-13-12-22-45(50)39-18-8-3-9-19-39)44-29-31-52-49(35-44)47-33-41-21-11-10-20-40(41)32-46(47)48-34-42(26-30-51(48)54-52)37-16-6-2-7-17-37/h1-35H. The first kappa shape index (κ1) is 31.6. The second-order valence-electron chi connectivity index (χ2n) is 13.7. The van der Waals surface area contributed by atoms with E-state index in [1.54, 1.807) is 0 Å². The Morgan fingerprint density at radius 3 is 1.39 bits per heavy atom. The van der Waals surface area contributed by atoms with Crippen molar-refractivity contribution >= 4 is 27.8 Å². The second-order valence-corrected chi connectivity index (χ2v) is 13.7. The third-order valence-electron chi connectivity index (χ3n) is 10.5. The van der Waals surface area contributed by atoms with Crippen molar-refractivity contribution in [2.75, 3.05) is 4.90 Å². The summed E-state index contributed by atoms with van der Waals surface area (Å²) in [7, 11) is 0. The van der Waals surface area contributed by atoms with Crippen molar-refractivity contribution in [2.45, 2.75) is 0 Å². The monoisotopic (exact) mass is 689 g/mol. The van der Waals surface area contributed by atoms with Crippen molar-refractivity contribution in [3.8, 4) is 67.1 Å². The summed E-state index contributed by atoms with van der Waals surface area (Å²) in [4.78, 5) is 2.38. The van der Waals surface area contributed by atoms with Crippen LogP contribution in [0.5, 0.6) is 11.5 Å². The number of benzene rings is 9. The van der Waals surface area contributed by atoms with Crippen LogP contribution in [0.1, 0.15) is 0 Å². The van der Waals surface area contributed by atoms with Gasteiger partial charge in [0.15, 0.2) is 0 Å². The van der Waals surface area contributed by atoms with Crippen molar-refractivity contribution in [3.05, 3.63) is 212 Å². The molecule has 0 atom stereocenters. The van der Waals surface area contributed by atoms with Crippen LogP contribution in [-0.2, 0) is 0 Å². The molecule has 0 unspecified atom stereocenters. The van der Waals surface area contributed by atoms with E-state index >= 15 is 0 Å². The molecule has 2 heteroatoms. The molecule has 0 spiro atoms. The predicted octanol–water partition coefficient (Wildman–Crippen LogP) is 14.8. The molecule has 0 N–H and O–H groups in total. The number of ether oxygens (including phenoxy) is 1. The SMILES string of the molecule is c1ccc(-c2ccc(N(c3ccc4c(c3)-c3cc5ccccc5cc3-c3cc(-c5ccccc5)ccc3O4)c3ccccc3-c3ccccc3)cc2)cc1. The lowest BCUT2D eigenvalue weighted by molar-refractivity contribution is 0.488. The van der Waals surface area contributed by atoms with Crippen LogP contribution in [0.2, 0.25) is 0 Å². The molecule has 54 heavy (non-hydrogen) atoms. The summed E-state index contributed by atoms with van der Waals surface area (Å²) in [6.45, 7) is 0. The van der Waals surface area contributed by atoms with Crippen LogP contribution in [0.15, 0.2) is 212 Å². The van der Waals surface area contributed by atoms with Gasteiger partial charge in [0.25, 0.3) is 0 Å². The summed E-state index contributed by atoms with van der Waals surface area (Å²) >= 11 is 0. The van der Waals surface area contributed by atoms with Crippen LogP contribution in [0.3, 0.4) is 0 Å². The fourth-order valence-electron chi connectivity index (χ4n) is 7.79. The summed E-state index contributed by atoms with van der Waals surface area (Å²) in [5, 5.41) is 2.39. The molecule has 0 aromatic heterocycles. The second kappa shape index (κ2) is 13.4. The van der Waals surface area contributed by atoms with E-state index < -0.39 is 0 Å². The van der Waals surface area contributed by atoms with Crippen molar-refractivity contribution in [2.24, 2.45) is 0 Å². The van der Waals surface area contributed by atoms with Crippen molar-refractivity contribution in [1.29, 1.82) is 0 Å². The quantitative estimate of drug-likeness (QED) is 0.172. The minimum absolute atomic E-state index is 0.831. The lowest BCUT2D eigenvalue weighted by atomic mass is 9.90. The van der Waals surface area contributed by atoms with Gasteiger partial charge in [0.2, 0.25) is 0 Å². The average molecular weight is 690 g/mol. The first-order valence-corrected chi connectivity index (χ1v) is 18.4. The van der Waals surface area contributed by atoms with Gasteiger partial charge >= 0.3 is 0 Å². The highest BCUT2D eigenvalue weighted by atomic mass is 16.5. The zero-order valence-electron chi connectivity index (χ0n) is 29.6. The van der Waals surface area contributed by atoms with E-state index in [0.717, 1.165) is 61.9 Å². The van der Waals surface area contributed by atoms with Gasteiger partial charge in [-0.1, -0.05) is 152 Å². The van der Waals surface area contributed by atoms with Gasteiger partial charge in [-0.2, -0.15) is 0 Å². The first-order chi connectivity index (χ1) is 26.8. The maximum absolute atomic E-state index is 6.89. The molecule has 1 aliphatic heterocycles. The van der Waals surface area contributed by atoms with Crippen molar-refractivity contribution in [1.82, 2.24) is 0 Å². The predicted molar refractivity (Wildman–Crippen MR) is 226 cm³/mol. The summed E-state index contributed by atoms with van der Waals surface area (Å²) in [6.07, 6.45) is 0. The summed E-state index contributed by atoms with van der Waals surface area (Å²) in [6, 6.07) is 75.8. The Morgan fingerprint density at radius 2 is 0.741 bits per heavy atom. The minimum atomic E-state index is 0.831. The first-order valence-electron chi connectivity index (χ1n) is 18.4. The molecule has 0 fully saturated rings. The lowest BCUT2D eigenvalue weighted by Crippen LogP contribution is -2.11. The molecular weight excluding hydrogens is 655 g/mol. The third-order valence-corrected chi connectivity index (χ3v) is 10.5. The minimum Gasteiger partial charge on any atom is -0.456 e. The lowest BCUT2D eigenvalue weighted by Gasteiger charge is -2.29. The van der Waals surface area contributed by atoms with Crippen LogP contribution < -0.4 is 9.64 Å². The van der Waals surface area contributed by atoms with E-state index in [0.29, 0.717) is 0 Å². The number of fused-ring (bicyclic) bond motifs is 6. The Balaban J connectivity index is 1.18. The molecule has 0 radical (unpaired) electrons. The van der Waals surface area contributed by atoms with Gasteiger partial charge in [0.05, 0.1) is 5.69 Å². The Kier molecular flexibility index (Phi) is 7.85. The molecule has 10 rings (SSSR count). The molecule has 0 bridgehead atoms. The van der Waals surface area contributed by atoms with E-state index in [9.17, 15) is 0 Å². The third kappa shape index (κ3) is 5.71. The Labute approximate surface area is 315 Å². The molecule has 9 aromatic rings. The molecule has 254 valence electrons. The van der Waals surface area contributed by atoms with Gasteiger partial charge in [-0.25, -0.2) is 0 Å². The fraction of sp³-hybridized carbons (Fsp3) is 0. The highest BCUT2D eigenvalue weighted by Gasteiger charge is 2.25. The molecule has 1 aliphatic rings. The van der Waals surface area contributed by atoms with Crippen molar-refractivity contribution in [3.63, 3.8) is 0 Å². The topological polar surface area (TPSA) is 12.5 Å². The average Bonchev–Trinajstić information content (AvgIpc) is 3.38. The van der Waals surface area contributed by atoms with Gasteiger partial charge in [0.1, 0.15) is 11.5 Å². The number of hydrogen-bond donors (Lipinski definition) is 0. The van der Waals surface area contributed by atoms with E-state index in [-0.39, 0.29) is 0 Å². The zero-order chi connectivity index (χ0) is 35.8. The molecule has 9 aromatic carbocycles. The highest BCUT2D eigenvalue weighted by Crippen LogP contribution is 2.51. The summed E-state index contributed by atoms with van der Waals surface area (Å²) in [5.74, 6) is 1.68. The van der Waals surface area contributed by atoms with E-state index in [4.69, 9.17) is 4.74 Å². The molecule has 0 saturated carbocycles. The molecular formula is C52H35NO. The zero-order valence-corrected chi connectivity index (χ0v) is 29.6. The Morgan fingerprint density at radius 1 is 0.278 bits per heavy atom. The van der Waals surface area contributed by atoms with Gasteiger partial charge in [-0.15, -0.1) is 0 Å². The normalized spacial score (nSPS) is 11.5. The molecule has 0 saturated heterocycles. The number of anilines is 3. The van der Waals surface area contributed by atoms with Crippen LogP contribution in [0.4, 0.5) is 17.1 Å². The van der Waals surface area contributed by atoms with Crippen LogP contribution in [-0.4, -0.2) is 0 Å². The molecule has 0 aliphatic carbocycles. The van der Waals surface area contributed by atoms with Gasteiger partial charge in [-0.05, 0) is 110 Å². The highest BCUT2D eigenvalue weighted by molar-refractivity contribution is 6.01. The van der Waals surface area contributed by atoms with E-state index in [1.165, 1.54) is 33.0 Å². The number of nitrogens with zero attached hydrogens (tertiary/aromatic N) is 1.